The SMILES string of the molecule is CNCc1cc(C)ccc1SC(C)C. The molecule has 2 heteroatoms. The summed E-state index contributed by atoms with van der Waals surface area (Å²) in [5.41, 5.74) is 2.74. The Bertz CT molecular complexity index is 294. The van der Waals surface area contributed by atoms with Crippen LogP contribution in [-0.2, 0) is 6.54 Å². The molecular formula is C12H19NS. The van der Waals surface area contributed by atoms with Crippen molar-refractivity contribution < 1.29 is 0 Å². The van der Waals surface area contributed by atoms with Gasteiger partial charge in [0.2, 0.25) is 0 Å². The summed E-state index contributed by atoms with van der Waals surface area (Å²) < 4.78 is 0. The highest BCUT2D eigenvalue weighted by molar-refractivity contribution is 8.00. The second kappa shape index (κ2) is 5.42. The molecule has 1 nitrogen and oxygen atoms in total. The molecule has 0 saturated carbocycles. The van der Waals surface area contributed by atoms with Crippen molar-refractivity contribution in [2.24, 2.45) is 0 Å². The number of hydrogen-bond donors (Lipinski definition) is 1. The topological polar surface area (TPSA) is 12.0 Å². The molecule has 1 aromatic rings. The van der Waals surface area contributed by atoms with Crippen LogP contribution in [0.1, 0.15) is 25.0 Å². The van der Waals surface area contributed by atoms with E-state index in [1.165, 1.54) is 16.0 Å². The first-order valence-corrected chi connectivity index (χ1v) is 5.92. The van der Waals surface area contributed by atoms with Gasteiger partial charge in [-0.05, 0) is 25.6 Å². The van der Waals surface area contributed by atoms with Crippen molar-refractivity contribution in [3.63, 3.8) is 0 Å². The average Bonchev–Trinajstić information content (AvgIpc) is 2.09. The predicted molar refractivity (Wildman–Crippen MR) is 64.9 cm³/mol. The molecule has 0 aliphatic heterocycles. The smallest absolute Gasteiger partial charge is 0.0213 e. The summed E-state index contributed by atoms with van der Waals surface area (Å²) in [5, 5.41) is 3.86. The second-order valence-electron chi connectivity index (χ2n) is 3.81. The van der Waals surface area contributed by atoms with Gasteiger partial charge in [-0.3, -0.25) is 0 Å². The Labute approximate surface area is 91.3 Å². The molecular weight excluding hydrogens is 190 g/mol. The third-order valence-electron chi connectivity index (χ3n) is 1.95. The minimum Gasteiger partial charge on any atom is -0.316 e. The van der Waals surface area contributed by atoms with Gasteiger partial charge in [0.1, 0.15) is 0 Å². The van der Waals surface area contributed by atoms with E-state index in [9.17, 15) is 0 Å². The molecule has 0 atom stereocenters. The van der Waals surface area contributed by atoms with E-state index in [1.807, 2.05) is 18.8 Å². The standard InChI is InChI=1S/C12H19NS/c1-9(2)14-12-6-5-10(3)7-11(12)8-13-4/h5-7,9,13H,8H2,1-4H3. The quantitative estimate of drug-likeness (QED) is 0.764. The number of hydrogen-bond acceptors (Lipinski definition) is 2. The lowest BCUT2D eigenvalue weighted by atomic mass is 10.1. The Balaban J connectivity index is 2.89. The van der Waals surface area contributed by atoms with Gasteiger partial charge in [-0.1, -0.05) is 31.5 Å². The molecule has 1 rings (SSSR count). The third-order valence-corrected chi connectivity index (χ3v) is 3.07. The molecule has 0 radical (unpaired) electrons. The summed E-state index contributed by atoms with van der Waals surface area (Å²) in [7, 11) is 1.99. The highest BCUT2D eigenvalue weighted by Crippen LogP contribution is 2.27. The molecule has 1 aromatic carbocycles. The normalized spacial score (nSPS) is 10.9. The molecule has 0 heterocycles. The van der Waals surface area contributed by atoms with Gasteiger partial charge >= 0.3 is 0 Å². The molecule has 0 aliphatic rings. The molecule has 14 heavy (non-hydrogen) atoms. The molecule has 0 amide bonds. The summed E-state index contributed by atoms with van der Waals surface area (Å²) in [5.74, 6) is 0. The van der Waals surface area contributed by atoms with E-state index in [0.29, 0.717) is 5.25 Å². The molecule has 0 aromatic heterocycles. The predicted octanol–water partition coefficient (Wildman–Crippen LogP) is 3.21. The highest BCUT2D eigenvalue weighted by atomic mass is 32.2. The van der Waals surface area contributed by atoms with Gasteiger partial charge in [-0.25, -0.2) is 0 Å². The van der Waals surface area contributed by atoms with Gasteiger partial charge in [-0.15, -0.1) is 11.8 Å². The van der Waals surface area contributed by atoms with Gasteiger partial charge in [0.05, 0.1) is 0 Å². The fraction of sp³-hybridized carbons (Fsp3) is 0.500. The van der Waals surface area contributed by atoms with Crippen molar-refractivity contribution in [1.29, 1.82) is 0 Å². The average molecular weight is 209 g/mol. The lowest BCUT2D eigenvalue weighted by Crippen LogP contribution is -2.06. The van der Waals surface area contributed by atoms with Crippen LogP contribution in [0.15, 0.2) is 23.1 Å². The molecule has 78 valence electrons. The Hall–Kier alpha value is -0.470. The Morgan fingerprint density at radius 3 is 2.64 bits per heavy atom. The van der Waals surface area contributed by atoms with E-state index in [0.717, 1.165) is 6.54 Å². The van der Waals surface area contributed by atoms with Gasteiger partial charge in [0, 0.05) is 16.7 Å². The number of aryl methyl sites for hydroxylation is 1. The van der Waals surface area contributed by atoms with E-state index >= 15 is 0 Å². The zero-order valence-electron chi connectivity index (χ0n) is 9.42. The fourth-order valence-corrected chi connectivity index (χ4v) is 2.34. The number of nitrogens with one attached hydrogen (secondary N) is 1. The van der Waals surface area contributed by atoms with Crippen molar-refractivity contribution in [2.45, 2.75) is 37.5 Å². The van der Waals surface area contributed by atoms with Crippen molar-refractivity contribution in [2.75, 3.05) is 7.05 Å². The summed E-state index contributed by atoms with van der Waals surface area (Å²) in [4.78, 5) is 1.40. The second-order valence-corrected chi connectivity index (χ2v) is 5.43. The molecule has 0 aliphatic carbocycles. The largest absolute Gasteiger partial charge is 0.316 e. The third kappa shape index (κ3) is 3.35. The maximum absolute atomic E-state index is 3.21. The fourth-order valence-electron chi connectivity index (χ4n) is 1.41. The maximum atomic E-state index is 3.21. The van der Waals surface area contributed by atoms with Crippen LogP contribution in [-0.4, -0.2) is 12.3 Å². The van der Waals surface area contributed by atoms with Crippen LogP contribution >= 0.6 is 11.8 Å². The van der Waals surface area contributed by atoms with E-state index in [4.69, 9.17) is 0 Å². The minimum atomic E-state index is 0.647. The number of benzene rings is 1. The highest BCUT2D eigenvalue weighted by Gasteiger charge is 2.04. The van der Waals surface area contributed by atoms with E-state index in [-0.39, 0.29) is 0 Å². The van der Waals surface area contributed by atoms with Crippen LogP contribution in [0, 0.1) is 6.92 Å². The van der Waals surface area contributed by atoms with Crippen LogP contribution in [0.25, 0.3) is 0 Å². The zero-order chi connectivity index (χ0) is 10.6. The number of thioether (sulfide) groups is 1. The zero-order valence-corrected chi connectivity index (χ0v) is 10.2. The Kier molecular flexibility index (Phi) is 4.49. The van der Waals surface area contributed by atoms with Crippen molar-refractivity contribution in [1.82, 2.24) is 5.32 Å². The van der Waals surface area contributed by atoms with Crippen molar-refractivity contribution >= 4 is 11.8 Å². The number of rotatable bonds is 4. The first-order chi connectivity index (χ1) is 6.63. The van der Waals surface area contributed by atoms with Crippen molar-refractivity contribution in [3.05, 3.63) is 29.3 Å². The Morgan fingerprint density at radius 2 is 2.07 bits per heavy atom. The maximum Gasteiger partial charge on any atom is 0.0213 e. The van der Waals surface area contributed by atoms with Crippen LogP contribution in [0.2, 0.25) is 0 Å². The molecule has 0 spiro atoms. The molecule has 1 N–H and O–H groups in total. The lowest BCUT2D eigenvalue weighted by molar-refractivity contribution is 0.801. The summed E-state index contributed by atoms with van der Waals surface area (Å²) >= 11 is 1.93. The van der Waals surface area contributed by atoms with Crippen LogP contribution < -0.4 is 5.32 Å². The van der Waals surface area contributed by atoms with Gasteiger partial charge in [0.25, 0.3) is 0 Å². The van der Waals surface area contributed by atoms with Crippen LogP contribution in [0.4, 0.5) is 0 Å². The molecule has 0 fully saturated rings. The Morgan fingerprint density at radius 1 is 1.36 bits per heavy atom. The summed E-state index contributed by atoms with van der Waals surface area (Å²) in [6.07, 6.45) is 0. The molecule has 0 unspecified atom stereocenters. The monoisotopic (exact) mass is 209 g/mol. The van der Waals surface area contributed by atoms with Gasteiger partial charge < -0.3 is 5.32 Å². The first-order valence-electron chi connectivity index (χ1n) is 5.04. The van der Waals surface area contributed by atoms with E-state index in [2.05, 4.69) is 44.3 Å². The van der Waals surface area contributed by atoms with Crippen LogP contribution in [0.3, 0.4) is 0 Å². The van der Waals surface area contributed by atoms with E-state index < -0.39 is 0 Å². The van der Waals surface area contributed by atoms with Gasteiger partial charge in [-0.2, -0.15) is 0 Å². The summed E-state index contributed by atoms with van der Waals surface area (Å²) in [6, 6.07) is 6.68. The molecule has 0 bridgehead atoms. The first kappa shape index (κ1) is 11.6. The van der Waals surface area contributed by atoms with Crippen LogP contribution in [0.5, 0.6) is 0 Å². The van der Waals surface area contributed by atoms with E-state index in [1.54, 1.807) is 0 Å². The summed E-state index contributed by atoms with van der Waals surface area (Å²) in [6.45, 7) is 7.56. The molecule has 0 saturated heterocycles. The van der Waals surface area contributed by atoms with Crippen molar-refractivity contribution in [3.8, 4) is 0 Å². The van der Waals surface area contributed by atoms with Gasteiger partial charge in [0.15, 0.2) is 0 Å². The minimum absolute atomic E-state index is 0.647. The lowest BCUT2D eigenvalue weighted by Gasteiger charge is -2.11.